The van der Waals surface area contributed by atoms with Crippen LogP contribution in [0.5, 0.6) is 0 Å². The first kappa shape index (κ1) is 14.7. The van der Waals surface area contributed by atoms with Gasteiger partial charge in [0.05, 0.1) is 23.9 Å². The number of ether oxygens (including phenoxy) is 1. The number of aliphatic carboxylic acids is 1. The fourth-order valence-corrected chi connectivity index (χ4v) is 2.90. The number of likely N-dealkylation sites (tertiary alicyclic amines) is 1. The molecule has 0 radical (unpaired) electrons. The van der Waals surface area contributed by atoms with Gasteiger partial charge in [-0.05, 0) is 6.92 Å². The van der Waals surface area contributed by atoms with E-state index in [1.807, 2.05) is 6.92 Å². The molecular weight excluding hydrogens is 282 g/mol. The molecule has 20 heavy (non-hydrogen) atoms. The van der Waals surface area contributed by atoms with Gasteiger partial charge in [-0.2, -0.15) is 0 Å². The van der Waals surface area contributed by atoms with E-state index in [2.05, 4.69) is 10.3 Å². The van der Waals surface area contributed by atoms with E-state index in [1.165, 1.54) is 23.3 Å². The van der Waals surface area contributed by atoms with Crippen molar-refractivity contribution in [1.82, 2.24) is 15.2 Å². The molecule has 2 atom stereocenters. The van der Waals surface area contributed by atoms with Crippen LogP contribution in [0.25, 0.3) is 0 Å². The van der Waals surface area contributed by atoms with E-state index >= 15 is 0 Å². The van der Waals surface area contributed by atoms with Gasteiger partial charge < -0.3 is 20.1 Å². The number of carbonyl (C=O) groups excluding carboxylic acids is 1. The summed E-state index contributed by atoms with van der Waals surface area (Å²) in [6.45, 7) is 2.52. The first-order valence-electron chi connectivity index (χ1n) is 6.22. The summed E-state index contributed by atoms with van der Waals surface area (Å²) >= 11 is 1.46. The van der Waals surface area contributed by atoms with E-state index in [0.29, 0.717) is 19.5 Å². The summed E-state index contributed by atoms with van der Waals surface area (Å²) in [4.78, 5) is 29.7. The van der Waals surface area contributed by atoms with Crippen LogP contribution in [-0.4, -0.2) is 52.8 Å². The maximum absolute atomic E-state index is 12.1. The molecule has 2 unspecified atom stereocenters. The molecule has 8 heteroatoms. The number of thiazole rings is 1. The highest BCUT2D eigenvalue weighted by atomic mass is 32.1. The van der Waals surface area contributed by atoms with Crippen LogP contribution >= 0.6 is 11.3 Å². The van der Waals surface area contributed by atoms with E-state index < -0.39 is 12.0 Å². The van der Waals surface area contributed by atoms with Crippen LogP contribution in [-0.2, 0) is 16.1 Å². The average molecular weight is 299 g/mol. The molecule has 1 aromatic heterocycles. The third-order valence-corrected chi connectivity index (χ3v) is 4.32. The summed E-state index contributed by atoms with van der Waals surface area (Å²) in [5.41, 5.74) is 2.59. The van der Waals surface area contributed by atoms with Crippen molar-refractivity contribution < 1.29 is 19.4 Å². The van der Waals surface area contributed by atoms with E-state index in [1.54, 1.807) is 5.51 Å². The Morgan fingerprint density at radius 1 is 1.65 bits per heavy atom. The predicted octanol–water partition coefficient (Wildman–Crippen LogP) is 0.835. The normalized spacial score (nSPS) is 22.0. The third-order valence-electron chi connectivity index (χ3n) is 3.39. The van der Waals surface area contributed by atoms with Gasteiger partial charge in [0.2, 0.25) is 0 Å². The average Bonchev–Trinajstić information content (AvgIpc) is 3.02. The Morgan fingerprint density at radius 3 is 2.95 bits per heavy atom. The Hall–Kier alpha value is -1.67. The highest BCUT2D eigenvalue weighted by Crippen LogP contribution is 2.20. The second kappa shape index (κ2) is 6.19. The number of nitrogens with zero attached hydrogens (tertiary/aromatic N) is 2. The molecule has 0 spiro atoms. The highest BCUT2D eigenvalue weighted by Gasteiger charge is 2.39. The number of urea groups is 1. The first-order chi connectivity index (χ1) is 9.52. The quantitative estimate of drug-likeness (QED) is 0.859. The topological polar surface area (TPSA) is 91.8 Å². The van der Waals surface area contributed by atoms with Crippen molar-refractivity contribution in [3.63, 3.8) is 0 Å². The summed E-state index contributed by atoms with van der Waals surface area (Å²) in [6.07, 6.45) is 0.0887. The van der Waals surface area contributed by atoms with Crippen LogP contribution < -0.4 is 5.32 Å². The SMILES string of the molecule is COC1CC(C(=O)O)N(C(=O)NCc2scnc2C)C1. The van der Waals surface area contributed by atoms with Crippen molar-refractivity contribution in [2.45, 2.75) is 32.0 Å². The molecule has 2 rings (SSSR count). The molecule has 0 saturated carbocycles. The Bertz CT molecular complexity index is 505. The van der Waals surface area contributed by atoms with Gasteiger partial charge in [0, 0.05) is 25.0 Å². The van der Waals surface area contributed by atoms with Crippen molar-refractivity contribution in [2.75, 3.05) is 13.7 Å². The minimum Gasteiger partial charge on any atom is -0.480 e. The van der Waals surface area contributed by atoms with Crippen molar-refractivity contribution >= 4 is 23.3 Å². The molecule has 1 saturated heterocycles. The Morgan fingerprint density at radius 2 is 2.40 bits per heavy atom. The van der Waals surface area contributed by atoms with Crippen LogP contribution in [0.3, 0.4) is 0 Å². The first-order valence-corrected chi connectivity index (χ1v) is 7.10. The van der Waals surface area contributed by atoms with Gasteiger partial charge in [-0.1, -0.05) is 0 Å². The number of hydrogen-bond donors (Lipinski definition) is 2. The monoisotopic (exact) mass is 299 g/mol. The largest absolute Gasteiger partial charge is 0.480 e. The summed E-state index contributed by atoms with van der Waals surface area (Å²) in [5.74, 6) is -1.01. The number of carboxylic acids is 1. The van der Waals surface area contributed by atoms with Crippen LogP contribution in [0.2, 0.25) is 0 Å². The summed E-state index contributed by atoms with van der Waals surface area (Å²) in [5, 5.41) is 11.9. The predicted molar refractivity (Wildman–Crippen MR) is 72.6 cm³/mol. The van der Waals surface area contributed by atoms with Crippen molar-refractivity contribution in [3.8, 4) is 0 Å². The van der Waals surface area contributed by atoms with Crippen molar-refractivity contribution in [3.05, 3.63) is 16.1 Å². The highest BCUT2D eigenvalue weighted by molar-refractivity contribution is 7.09. The van der Waals surface area contributed by atoms with Crippen molar-refractivity contribution in [2.24, 2.45) is 0 Å². The summed E-state index contributed by atoms with van der Waals surface area (Å²) < 4.78 is 5.15. The molecule has 1 aromatic rings. The Balaban J connectivity index is 1.97. The number of hydrogen-bond acceptors (Lipinski definition) is 5. The molecule has 2 heterocycles. The van der Waals surface area contributed by atoms with Crippen LogP contribution in [0.4, 0.5) is 4.79 Å². The van der Waals surface area contributed by atoms with E-state index in [0.717, 1.165) is 10.6 Å². The molecule has 2 amide bonds. The number of aromatic nitrogens is 1. The van der Waals surface area contributed by atoms with Gasteiger partial charge in [-0.3, -0.25) is 0 Å². The molecule has 1 aliphatic rings. The number of amides is 2. The zero-order chi connectivity index (χ0) is 14.7. The lowest BCUT2D eigenvalue weighted by molar-refractivity contribution is -0.141. The van der Waals surface area contributed by atoms with Crippen molar-refractivity contribution in [1.29, 1.82) is 0 Å². The van der Waals surface area contributed by atoms with E-state index in [-0.39, 0.29) is 12.1 Å². The Kier molecular flexibility index (Phi) is 4.56. The molecule has 1 aliphatic heterocycles. The molecule has 2 N–H and O–H groups in total. The van der Waals surface area contributed by atoms with Gasteiger partial charge in [-0.15, -0.1) is 11.3 Å². The molecular formula is C12H17N3O4S. The van der Waals surface area contributed by atoms with Gasteiger partial charge in [0.25, 0.3) is 0 Å². The lowest BCUT2D eigenvalue weighted by Gasteiger charge is -2.21. The van der Waals surface area contributed by atoms with Gasteiger partial charge >= 0.3 is 12.0 Å². The lowest BCUT2D eigenvalue weighted by atomic mass is 10.2. The van der Waals surface area contributed by atoms with Gasteiger partial charge in [0.15, 0.2) is 0 Å². The maximum atomic E-state index is 12.1. The number of nitrogens with one attached hydrogen (secondary N) is 1. The fraction of sp³-hybridized carbons (Fsp3) is 0.583. The zero-order valence-electron chi connectivity index (χ0n) is 11.3. The van der Waals surface area contributed by atoms with Gasteiger partial charge in [-0.25, -0.2) is 14.6 Å². The lowest BCUT2D eigenvalue weighted by Crippen LogP contribution is -2.45. The molecule has 0 aliphatic carbocycles. The molecule has 1 fully saturated rings. The number of aryl methyl sites for hydroxylation is 1. The summed E-state index contributed by atoms with van der Waals surface area (Å²) in [7, 11) is 1.52. The number of methoxy groups -OCH3 is 1. The maximum Gasteiger partial charge on any atom is 0.326 e. The second-order valence-corrected chi connectivity index (χ2v) is 5.56. The minimum atomic E-state index is -1.01. The standard InChI is InChI=1S/C12H17N3O4S/c1-7-10(20-6-14-7)4-13-12(18)15-5-8(19-2)3-9(15)11(16)17/h6,8-9H,3-5H2,1-2H3,(H,13,18)(H,16,17). The number of carbonyl (C=O) groups is 2. The van der Waals surface area contributed by atoms with E-state index in [9.17, 15) is 9.59 Å². The van der Waals surface area contributed by atoms with Gasteiger partial charge in [0.1, 0.15) is 6.04 Å². The third kappa shape index (κ3) is 3.07. The number of rotatable bonds is 4. The van der Waals surface area contributed by atoms with Crippen LogP contribution in [0.15, 0.2) is 5.51 Å². The molecule has 0 bridgehead atoms. The minimum absolute atomic E-state index is 0.230. The zero-order valence-corrected chi connectivity index (χ0v) is 12.1. The molecule has 7 nitrogen and oxygen atoms in total. The van der Waals surface area contributed by atoms with E-state index in [4.69, 9.17) is 9.84 Å². The second-order valence-electron chi connectivity index (χ2n) is 4.62. The number of carboxylic acid groups (broad SMARTS) is 1. The summed E-state index contributed by atoms with van der Waals surface area (Å²) in [6, 6.07) is -1.22. The van der Waals surface area contributed by atoms with Crippen LogP contribution in [0.1, 0.15) is 17.0 Å². The smallest absolute Gasteiger partial charge is 0.326 e. The van der Waals surface area contributed by atoms with Crippen LogP contribution in [0, 0.1) is 6.92 Å². The fourth-order valence-electron chi connectivity index (χ4n) is 2.18. The molecule has 110 valence electrons. The Labute approximate surface area is 120 Å². The molecule has 0 aromatic carbocycles.